The van der Waals surface area contributed by atoms with E-state index in [1.165, 1.54) is 0 Å². The number of amides is 1. The molecule has 1 aliphatic rings. The van der Waals surface area contributed by atoms with Crippen molar-refractivity contribution in [3.05, 3.63) is 35.9 Å². The lowest BCUT2D eigenvalue weighted by Crippen LogP contribution is -2.37. The number of hydrogen-bond acceptors (Lipinski definition) is 3. The standard InChI is InChI=1S/C15H21NO3/c1-11-13(8-10-19-11)15(18)16-14(7-9-17)12-5-3-2-4-6-12/h2-6,11,13-14,17H,7-10H2,1H3,(H,16,18). The number of nitrogens with one attached hydrogen (secondary N) is 1. The van der Waals surface area contributed by atoms with Crippen LogP contribution in [0, 0.1) is 5.92 Å². The molecule has 19 heavy (non-hydrogen) atoms. The third-order valence-electron chi connectivity index (χ3n) is 3.65. The van der Waals surface area contributed by atoms with Crippen LogP contribution in [0.1, 0.15) is 31.4 Å². The molecule has 1 aromatic rings. The summed E-state index contributed by atoms with van der Waals surface area (Å²) in [5, 5.41) is 12.2. The van der Waals surface area contributed by atoms with Gasteiger partial charge in [-0.1, -0.05) is 30.3 Å². The molecule has 1 aromatic carbocycles. The Morgan fingerprint density at radius 1 is 1.47 bits per heavy atom. The Bertz CT molecular complexity index is 407. The molecule has 4 nitrogen and oxygen atoms in total. The summed E-state index contributed by atoms with van der Waals surface area (Å²) in [6.07, 6.45) is 1.27. The topological polar surface area (TPSA) is 58.6 Å². The first-order chi connectivity index (χ1) is 9.22. The highest BCUT2D eigenvalue weighted by Crippen LogP contribution is 2.23. The minimum Gasteiger partial charge on any atom is -0.396 e. The molecule has 0 spiro atoms. The van der Waals surface area contributed by atoms with Gasteiger partial charge in [0.25, 0.3) is 0 Å². The highest BCUT2D eigenvalue weighted by Gasteiger charge is 2.31. The number of ether oxygens (including phenoxy) is 1. The van der Waals surface area contributed by atoms with Crippen LogP contribution in [0.4, 0.5) is 0 Å². The molecule has 3 atom stereocenters. The number of hydrogen-bond donors (Lipinski definition) is 2. The van der Waals surface area contributed by atoms with Gasteiger partial charge in [0.05, 0.1) is 18.1 Å². The Hall–Kier alpha value is -1.39. The van der Waals surface area contributed by atoms with Crippen molar-refractivity contribution in [1.82, 2.24) is 5.32 Å². The fourth-order valence-electron chi connectivity index (χ4n) is 2.49. The molecule has 1 heterocycles. The van der Waals surface area contributed by atoms with Gasteiger partial charge in [-0.2, -0.15) is 0 Å². The Balaban J connectivity index is 2.02. The maximum atomic E-state index is 12.2. The van der Waals surface area contributed by atoms with Gasteiger partial charge in [-0.15, -0.1) is 0 Å². The van der Waals surface area contributed by atoms with Gasteiger partial charge in [0.2, 0.25) is 5.91 Å². The third-order valence-corrected chi connectivity index (χ3v) is 3.65. The van der Waals surface area contributed by atoms with E-state index in [-0.39, 0.29) is 30.6 Å². The highest BCUT2D eigenvalue weighted by atomic mass is 16.5. The summed E-state index contributed by atoms with van der Waals surface area (Å²) in [5.41, 5.74) is 1.02. The maximum Gasteiger partial charge on any atom is 0.226 e. The van der Waals surface area contributed by atoms with Gasteiger partial charge in [0.1, 0.15) is 0 Å². The zero-order chi connectivity index (χ0) is 13.7. The number of carbonyl (C=O) groups is 1. The zero-order valence-electron chi connectivity index (χ0n) is 11.2. The molecular formula is C15H21NO3. The first kappa shape index (κ1) is 14.0. The summed E-state index contributed by atoms with van der Waals surface area (Å²) in [6, 6.07) is 9.62. The molecule has 0 bridgehead atoms. The molecule has 104 valence electrons. The number of carbonyl (C=O) groups excluding carboxylic acids is 1. The zero-order valence-corrected chi connectivity index (χ0v) is 11.2. The van der Waals surface area contributed by atoms with Crippen molar-refractivity contribution in [3.8, 4) is 0 Å². The molecule has 0 saturated carbocycles. The molecule has 2 rings (SSSR count). The van der Waals surface area contributed by atoms with Gasteiger partial charge in [-0.3, -0.25) is 4.79 Å². The van der Waals surface area contributed by atoms with Crippen LogP contribution in [-0.2, 0) is 9.53 Å². The Morgan fingerprint density at radius 3 is 2.79 bits per heavy atom. The third kappa shape index (κ3) is 3.55. The quantitative estimate of drug-likeness (QED) is 0.849. The summed E-state index contributed by atoms with van der Waals surface area (Å²) in [5.74, 6) is -0.0581. The number of rotatable bonds is 5. The van der Waals surface area contributed by atoms with Gasteiger partial charge >= 0.3 is 0 Å². The maximum absolute atomic E-state index is 12.2. The second kappa shape index (κ2) is 6.68. The van der Waals surface area contributed by atoms with Crippen LogP contribution in [0.15, 0.2) is 30.3 Å². The van der Waals surface area contributed by atoms with Gasteiger partial charge in [0, 0.05) is 13.2 Å². The van der Waals surface area contributed by atoms with Crippen molar-refractivity contribution >= 4 is 5.91 Å². The summed E-state index contributed by atoms with van der Waals surface area (Å²) in [6.45, 7) is 2.63. The Morgan fingerprint density at radius 2 is 2.21 bits per heavy atom. The second-order valence-corrected chi connectivity index (χ2v) is 4.96. The molecule has 0 aromatic heterocycles. The molecule has 0 aliphatic carbocycles. The van der Waals surface area contributed by atoms with E-state index in [9.17, 15) is 4.79 Å². The first-order valence-corrected chi connectivity index (χ1v) is 6.80. The summed E-state index contributed by atoms with van der Waals surface area (Å²) < 4.78 is 5.42. The predicted molar refractivity (Wildman–Crippen MR) is 72.5 cm³/mol. The van der Waals surface area contributed by atoms with E-state index in [0.717, 1.165) is 12.0 Å². The van der Waals surface area contributed by atoms with E-state index in [2.05, 4.69) is 5.32 Å². The molecule has 1 fully saturated rings. The predicted octanol–water partition coefficient (Wildman–Crippen LogP) is 1.65. The average molecular weight is 263 g/mol. The van der Waals surface area contributed by atoms with Crippen LogP contribution in [-0.4, -0.2) is 30.3 Å². The van der Waals surface area contributed by atoms with Crippen molar-refractivity contribution in [2.45, 2.75) is 31.9 Å². The monoisotopic (exact) mass is 263 g/mol. The molecule has 2 N–H and O–H groups in total. The van der Waals surface area contributed by atoms with Crippen molar-refractivity contribution < 1.29 is 14.6 Å². The fourth-order valence-corrected chi connectivity index (χ4v) is 2.49. The van der Waals surface area contributed by atoms with Gasteiger partial charge in [-0.25, -0.2) is 0 Å². The van der Waals surface area contributed by atoms with Crippen LogP contribution >= 0.6 is 0 Å². The molecular weight excluding hydrogens is 242 g/mol. The van der Waals surface area contributed by atoms with Crippen molar-refractivity contribution in [2.75, 3.05) is 13.2 Å². The van der Waals surface area contributed by atoms with E-state index in [0.29, 0.717) is 13.0 Å². The lowest BCUT2D eigenvalue weighted by Gasteiger charge is -2.21. The second-order valence-electron chi connectivity index (χ2n) is 4.96. The van der Waals surface area contributed by atoms with Crippen LogP contribution in [0.25, 0.3) is 0 Å². The van der Waals surface area contributed by atoms with E-state index in [1.807, 2.05) is 37.3 Å². The summed E-state index contributed by atoms with van der Waals surface area (Å²) in [7, 11) is 0. The molecule has 1 saturated heterocycles. The first-order valence-electron chi connectivity index (χ1n) is 6.80. The molecule has 1 amide bonds. The van der Waals surface area contributed by atoms with Crippen LogP contribution in [0.3, 0.4) is 0 Å². The van der Waals surface area contributed by atoms with E-state index >= 15 is 0 Å². The molecule has 1 aliphatic heterocycles. The van der Waals surface area contributed by atoms with Gasteiger partial charge in [-0.05, 0) is 25.3 Å². The van der Waals surface area contributed by atoms with E-state index in [1.54, 1.807) is 0 Å². The lowest BCUT2D eigenvalue weighted by atomic mass is 9.99. The molecule has 0 radical (unpaired) electrons. The van der Waals surface area contributed by atoms with Gasteiger partial charge in [0.15, 0.2) is 0 Å². The summed E-state index contributed by atoms with van der Waals surface area (Å²) >= 11 is 0. The average Bonchev–Trinajstić information content (AvgIpc) is 2.85. The SMILES string of the molecule is CC1OCCC1C(=O)NC(CCO)c1ccccc1. The number of aliphatic hydroxyl groups is 1. The number of benzene rings is 1. The Kier molecular flexibility index (Phi) is 4.93. The van der Waals surface area contributed by atoms with Crippen molar-refractivity contribution in [3.63, 3.8) is 0 Å². The van der Waals surface area contributed by atoms with Crippen LogP contribution < -0.4 is 5.32 Å². The largest absolute Gasteiger partial charge is 0.396 e. The number of aliphatic hydroxyl groups excluding tert-OH is 1. The molecule has 4 heteroatoms. The summed E-state index contributed by atoms with van der Waals surface area (Å²) in [4.78, 5) is 12.2. The van der Waals surface area contributed by atoms with Crippen LogP contribution in [0.2, 0.25) is 0 Å². The minimum atomic E-state index is -0.133. The van der Waals surface area contributed by atoms with E-state index < -0.39 is 0 Å². The smallest absolute Gasteiger partial charge is 0.226 e. The molecule has 3 unspecified atom stereocenters. The van der Waals surface area contributed by atoms with Crippen LogP contribution in [0.5, 0.6) is 0 Å². The van der Waals surface area contributed by atoms with Crippen molar-refractivity contribution in [2.24, 2.45) is 5.92 Å². The normalized spacial score (nSPS) is 24.1. The van der Waals surface area contributed by atoms with Gasteiger partial charge < -0.3 is 15.2 Å². The lowest BCUT2D eigenvalue weighted by molar-refractivity contribution is -0.127. The highest BCUT2D eigenvalue weighted by molar-refractivity contribution is 5.80. The van der Waals surface area contributed by atoms with Crippen molar-refractivity contribution in [1.29, 1.82) is 0 Å². The fraction of sp³-hybridized carbons (Fsp3) is 0.533. The van der Waals surface area contributed by atoms with E-state index in [4.69, 9.17) is 9.84 Å². The minimum absolute atomic E-state index is 0.0207. The Labute approximate surface area is 113 Å².